The van der Waals surface area contributed by atoms with Crippen LogP contribution >= 0.6 is 0 Å². The topological polar surface area (TPSA) is 75.7 Å². The number of carbonyl (C=O) groups excluding carboxylic acids is 1. The van der Waals surface area contributed by atoms with Gasteiger partial charge < -0.3 is 10.1 Å². The Bertz CT molecular complexity index is 939. The average Bonchev–Trinajstić information content (AvgIpc) is 2.90. The van der Waals surface area contributed by atoms with Crippen molar-refractivity contribution in [3.05, 3.63) is 48.0 Å². The molecule has 2 aliphatic heterocycles. The second-order valence-corrected chi connectivity index (χ2v) is 7.79. The van der Waals surface area contributed by atoms with Crippen LogP contribution < -0.4 is 14.4 Å². The Morgan fingerprint density at radius 1 is 1.21 bits per heavy atom. The predicted octanol–water partition coefficient (Wildman–Crippen LogP) is 2.16. The van der Waals surface area contributed by atoms with Crippen LogP contribution in [0.15, 0.2) is 47.4 Å². The molecule has 0 unspecified atom stereocenters. The van der Waals surface area contributed by atoms with Crippen molar-refractivity contribution in [1.29, 1.82) is 0 Å². The number of nitrogens with zero attached hydrogens (tertiary/aromatic N) is 1. The van der Waals surface area contributed by atoms with E-state index in [0.29, 0.717) is 23.5 Å². The summed E-state index contributed by atoms with van der Waals surface area (Å²) in [7, 11) is -3.73. The molecule has 0 bridgehead atoms. The third-order valence-corrected chi connectivity index (χ3v) is 6.21. The average molecular weight is 344 g/mol. The molecule has 2 aromatic carbocycles. The zero-order valence-electron chi connectivity index (χ0n) is 13.0. The van der Waals surface area contributed by atoms with Crippen molar-refractivity contribution in [2.45, 2.75) is 24.3 Å². The van der Waals surface area contributed by atoms with E-state index in [1.807, 2.05) is 31.2 Å². The normalized spacial score (nSPS) is 19.3. The highest BCUT2D eigenvalue weighted by Crippen LogP contribution is 2.38. The Morgan fingerprint density at radius 3 is 2.83 bits per heavy atom. The lowest BCUT2D eigenvalue weighted by molar-refractivity contribution is -0.118. The van der Waals surface area contributed by atoms with Gasteiger partial charge in [0.1, 0.15) is 5.75 Å². The number of sulfonamides is 1. The fourth-order valence-electron chi connectivity index (χ4n) is 3.24. The van der Waals surface area contributed by atoms with Gasteiger partial charge in [-0.15, -0.1) is 0 Å². The monoisotopic (exact) mass is 344 g/mol. The van der Waals surface area contributed by atoms with E-state index in [1.54, 1.807) is 6.07 Å². The van der Waals surface area contributed by atoms with Crippen molar-refractivity contribution in [3.63, 3.8) is 0 Å². The fraction of sp³-hybridized carbons (Fsp3) is 0.235. The molecule has 1 amide bonds. The fourth-order valence-corrected chi connectivity index (χ4v) is 4.96. The van der Waals surface area contributed by atoms with E-state index in [9.17, 15) is 13.2 Å². The van der Waals surface area contributed by atoms with E-state index in [0.717, 1.165) is 5.56 Å². The number of ether oxygens (including phenoxy) is 1. The highest BCUT2D eigenvalue weighted by Gasteiger charge is 2.36. The van der Waals surface area contributed by atoms with Crippen LogP contribution in [0.5, 0.6) is 5.75 Å². The van der Waals surface area contributed by atoms with Gasteiger partial charge >= 0.3 is 0 Å². The number of hydrogen-bond acceptors (Lipinski definition) is 4. The summed E-state index contributed by atoms with van der Waals surface area (Å²) in [5.74, 6) is 0.181. The van der Waals surface area contributed by atoms with Gasteiger partial charge in [0.15, 0.2) is 6.61 Å². The van der Waals surface area contributed by atoms with Gasteiger partial charge in [0.25, 0.3) is 15.9 Å². The zero-order valence-corrected chi connectivity index (χ0v) is 13.8. The van der Waals surface area contributed by atoms with E-state index in [1.165, 1.54) is 16.4 Å². The minimum atomic E-state index is -3.73. The van der Waals surface area contributed by atoms with Crippen molar-refractivity contribution in [3.8, 4) is 5.75 Å². The Balaban J connectivity index is 1.79. The number of anilines is 2. The van der Waals surface area contributed by atoms with Crippen LogP contribution in [0, 0.1) is 0 Å². The number of nitrogens with one attached hydrogen (secondary N) is 1. The number of fused-ring (bicyclic) bond motifs is 2. The molecule has 0 aromatic heterocycles. The molecule has 0 radical (unpaired) electrons. The number of benzene rings is 2. The second-order valence-electron chi connectivity index (χ2n) is 5.98. The largest absolute Gasteiger partial charge is 0.482 e. The first kappa shape index (κ1) is 15.0. The van der Waals surface area contributed by atoms with E-state index >= 15 is 0 Å². The third kappa shape index (κ3) is 2.24. The number of rotatable bonds is 2. The number of carbonyl (C=O) groups is 1. The molecule has 0 saturated heterocycles. The van der Waals surface area contributed by atoms with Crippen molar-refractivity contribution in [2.24, 2.45) is 0 Å². The van der Waals surface area contributed by atoms with Crippen LogP contribution in [0.4, 0.5) is 11.4 Å². The molecule has 6 nitrogen and oxygen atoms in total. The molecule has 0 saturated carbocycles. The van der Waals surface area contributed by atoms with Crippen LogP contribution in [0.25, 0.3) is 0 Å². The van der Waals surface area contributed by atoms with Gasteiger partial charge in [-0.3, -0.25) is 9.10 Å². The van der Waals surface area contributed by atoms with Crippen molar-refractivity contribution in [2.75, 3.05) is 16.2 Å². The molecule has 2 heterocycles. The lowest BCUT2D eigenvalue weighted by Crippen LogP contribution is -2.36. The maximum Gasteiger partial charge on any atom is 0.264 e. The Hall–Kier alpha value is -2.54. The van der Waals surface area contributed by atoms with Crippen LogP contribution in [0.1, 0.15) is 12.5 Å². The van der Waals surface area contributed by atoms with Gasteiger partial charge in [-0.2, -0.15) is 0 Å². The maximum absolute atomic E-state index is 13.1. The standard InChI is InChI=1S/C17H16N2O4S/c1-11-8-12-4-2-3-5-15(12)19(11)24(21,22)13-6-7-16-14(9-13)18-17(20)10-23-16/h2-7,9,11H,8,10H2,1H3,(H,18,20)/t11-/m0/s1. The summed E-state index contributed by atoms with van der Waals surface area (Å²) in [5.41, 5.74) is 2.11. The summed E-state index contributed by atoms with van der Waals surface area (Å²) in [6.07, 6.45) is 0.681. The first-order chi connectivity index (χ1) is 11.5. The molecule has 24 heavy (non-hydrogen) atoms. The molecular weight excluding hydrogens is 328 g/mol. The Kier molecular flexibility index (Phi) is 3.28. The molecule has 4 rings (SSSR count). The van der Waals surface area contributed by atoms with Crippen LogP contribution in [-0.4, -0.2) is 27.0 Å². The summed E-state index contributed by atoms with van der Waals surface area (Å²) in [6, 6.07) is 11.9. The molecule has 2 aliphatic rings. The minimum absolute atomic E-state index is 0.0599. The van der Waals surface area contributed by atoms with E-state index in [4.69, 9.17) is 4.74 Å². The van der Waals surface area contributed by atoms with Crippen LogP contribution in [0.3, 0.4) is 0 Å². The van der Waals surface area contributed by atoms with E-state index in [-0.39, 0.29) is 23.5 Å². The van der Waals surface area contributed by atoms with Crippen LogP contribution in [0.2, 0.25) is 0 Å². The number of para-hydroxylation sites is 1. The van der Waals surface area contributed by atoms with Gasteiger partial charge in [0.05, 0.1) is 16.3 Å². The predicted molar refractivity (Wildman–Crippen MR) is 89.8 cm³/mol. The first-order valence-electron chi connectivity index (χ1n) is 7.66. The zero-order chi connectivity index (χ0) is 16.9. The highest BCUT2D eigenvalue weighted by atomic mass is 32.2. The minimum Gasteiger partial charge on any atom is -0.482 e. The summed E-state index contributed by atoms with van der Waals surface area (Å²) < 4.78 is 33.0. The smallest absolute Gasteiger partial charge is 0.264 e. The third-order valence-electron chi connectivity index (χ3n) is 4.29. The van der Waals surface area contributed by atoms with Gasteiger partial charge in [0, 0.05) is 6.04 Å². The summed E-state index contributed by atoms with van der Waals surface area (Å²) in [6.45, 7) is 1.83. The van der Waals surface area contributed by atoms with Crippen molar-refractivity contribution in [1.82, 2.24) is 0 Å². The molecule has 0 fully saturated rings. The lowest BCUT2D eigenvalue weighted by Gasteiger charge is -2.25. The van der Waals surface area contributed by atoms with E-state index in [2.05, 4.69) is 5.32 Å². The SMILES string of the molecule is C[C@H]1Cc2ccccc2N1S(=O)(=O)c1ccc2c(c1)NC(=O)CO2. The van der Waals surface area contributed by atoms with Crippen molar-refractivity contribution >= 4 is 27.3 Å². The Morgan fingerprint density at radius 2 is 2.00 bits per heavy atom. The Labute approximate surface area is 140 Å². The summed E-state index contributed by atoms with van der Waals surface area (Å²) >= 11 is 0. The van der Waals surface area contributed by atoms with Gasteiger partial charge in [-0.05, 0) is 43.2 Å². The molecule has 7 heteroatoms. The molecule has 2 aromatic rings. The quantitative estimate of drug-likeness (QED) is 0.906. The van der Waals surface area contributed by atoms with Crippen LogP contribution in [-0.2, 0) is 21.2 Å². The van der Waals surface area contributed by atoms with Gasteiger partial charge in [-0.25, -0.2) is 8.42 Å². The number of amides is 1. The molecular formula is C17H16N2O4S. The van der Waals surface area contributed by atoms with E-state index < -0.39 is 10.0 Å². The van der Waals surface area contributed by atoms with Gasteiger partial charge in [-0.1, -0.05) is 18.2 Å². The summed E-state index contributed by atoms with van der Waals surface area (Å²) in [5, 5.41) is 2.65. The first-order valence-corrected chi connectivity index (χ1v) is 9.10. The summed E-state index contributed by atoms with van der Waals surface area (Å²) in [4.78, 5) is 11.6. The molecule has 0 aliphatic carbocycles. The van der Waals surface area contributed by atoms with Crippen molar-refractivity contribution < 1.29 is 17.9 Å². The molecule has 1 atom stereocenters. The highest BCUT2D eigenvalue weighted by molar-refractivity contribution is 7.92. The molecule has 124 valence electrons. The molecule has 0 spiro atoms. The molecule has 1 N–H and O–H groups in total. The second kappa shape index (κ2) is 5.24. The van der Waals surface area contributed by atoms with Gasteiger partial charge in [0.2, 0.25) is 0 Å². The maximum atomic E-state index is 13.1. The number of hydrogen-bond donors (Lipinski definition) is 1. The lowest BCUT2D eigenvalue weighted by atomic mass is 10.1.